The predicted octanol–water partition coefficient (Wildman–Crippen LogP) is 2.60. The van der Waals surface area contributed by atoms with Crippen LogP contribution in [0.2, 0.25) is 0 Å². The Morgan fingerprint density at radius 3 is 2.77 bits per heavy atom. The average molecular weight is 353 g/mol. The molecule has 5 nitrogen and oxygen atoms in total. The van der Waals surface area contributed by atoms with E-state index in [4.69, 9.17) is 0 Å². The number of aliphatic hydroxyl groups is 1. The van der Waals surface area contributed by atoms with Crippen molar-refractivity contribution in [3.8, 4) is 11.1 Å². The van der Waals surface area contributed by atoms with E-state index < -0.39 is 5.60 Å². The van der Waals surface area contributed by atoms with Gasteiger partial charge < -0.3 is 15.3 Å². The molecule has 138 valence electrons. The normalized spacial score (nSPS) is 19.9. The van der Waals surface area contributed by atoms with Crippen molar-refractivity contribution < 1.29 is 9.90 Å². The van der Waals surface area contributed by atoms with Gasteiger partial charge in [-0.3, -0.25) is 9.78 Å². The summed E-state index contributed by atoms with van der Waals surface area (Å²) in [5.41, 5.74) is 2.40. The molecule has 1 aliphatic heterocycles. The molecule has 1 amide bonds. The van der Waals surface area contributed by atoms with E-state index in [1.54, 1.807) is 12.4 Å². The topological polar surface area (TPSA) is 65.5 Å². The summed E-state index contributed by atoms with van der Waals surface area (Å²) in [6.07, 6.45) is 5.33. The monoisotopic (exact) mass is 353 g/mol. The summed E-state index contributed by atoms with van der Waals surface area (Å²) >= 11 is 0. The van der Waals surface area contributed by atoms with E-state index in [9.17, 15) is 9.90 Å². The zero-order chi connectivity index (χ0) is 18.4. The SMILES string of the molecule is CCN(Cc1cccc(-c2ccncc2)c1)C(=O)CC1(O)CCCNC1. The van der Waals surface area contributed by atoms with Gasteiger partial charge in [-0.15, -0.1) is 0 Å². The molecule has 2 aromatic rings. The highest BCUT2D eigenvalue weighted by molar-refractivity contribution is 5.77. The van der Waals surface area contributed by atoms with E-state index >= 15 is 0 Å². The van der Waals surface area contributed by atoms with Crippen LogP contribution in [-0.4, -0.2) is 46.1 Å². The quantitative estimate of drug-likeness (QED) is 0.838. The van der Waals surface area contributed by atoms with Gasteiger partial charge in [0, 0.05) is 32.0 Å². The van der Waals surface area contributed by atoms with Crippen LogP contribution in [0.3, 0.4) is 0 Å². The maximum atomic E-state index is 12.7. The van der Waals surface area contributed by atoms with Crippen molar-refractivity contribution in [1.82, 2.24) is 15.2 Å². The highest BCUT2D eigenvalue weighted by atomic mass is 16.3. The number of nitrogens with one attached hydrogen (secondary N) is 1. The molecular weight excluding hydrogens is 326 g/mol. The summed E-state index contributed by atoms with van der Waals surface area (Å²) in [7, 11) is 0. The minimum absolute atomic E-state index is 0.00742. The van der Waals surface area contributed by atoms with Crippen LogP contribution in [0.15, 0.2) is 48.8 Å². The van der Waals surface area contributed by atoms with E-state index in [0.717, 1.165) is 29.7 Å². The molecule has 1 unspecified atom stereocenters. The summed E-state index contributed by atoms with van der Waals surface area (Å²) in [5.74, 6) is 0.00742. The van der Waals surface area contributed by atoms with Crippen LogP contribution in [-0.2, 0) is 11.3 Å². The molecule has 2 N–H and O–H groups in total. The Hall–Kier alpha value is -2.24. The lowest BCUT2D eigenvalue weighted by molar-refractivity contribution is -0.137. The molecule has 1 saturated heterocycles. The first-order valence-electron chi connectivity index (χ1n) is 9.30. The third-order valence-electron chi connectivity index (χ3n) is 4.98. The number of hydrogen-bond acceptors (Lipinski definition) is 4. The lowest BCUT2D eigenvalue weighted by Gasteiger charge is -2.34. The van der Waals surface area contributed by atoms with Gasteiger partial charge in [-0.25, -0.2) is 0 Å². The second kappa shape index (κ2) is 8.43. The second-order valence-corrected chi connectivity index (χ2v) is 7.03. The number of carbonyl (C=O) groups is 1. The highest BCUT2D eigenvalue weighted by Crippen LogP contribution is 2.23. The highest BCUT2D eigenvalue weighted by Gasteiger charge is 2.33. The Bertz CT molecular complexity index is 727. The molecule has 26 heavy (non-hydrogen) atoms. The fourth-order valence-electron chi connectivity index (χ4n) is 3.49. The zero-order valence-electron chi connectivity index (χ0n) is 15.3. The molecule has 0 bridgehead atoms. The van der Waals surface area contributed by atoms with Crippen molar-refractivity contribution >= 4 is 5.91 Å². The van der Waals surface area contributed by atoms with Gasteiger partial charge >= 0.3 is 0 Å². The first kappa shape index (κ1) is 18.5. The molecule has 1 aliphatic rings. The number of nitrogens with zero attached hydrogens (tertiary/aromatic N) is 2. The summed E-state index contributed by atoms with van der Waals surface area (Å²) in [6.45, 7) is 4.57. The lowest BCUT2D eigenvalue weighted by Crippen LogP contribution is -2.49. The van der Waals surface area contributed by atoms with E-state index in [0.29, 0.717) is 26.1 Å². The fourth-order valence-corrected chi connectivity index (χ4v) is 3.49. The van der Waals surface area contributed by atoms with Gasteiger partial charge in [0.2, 0.25) is 5.91 Å². The lowest BCUT2D eigenvalue weighted by atomic mass is 9.90. The Kier molecular flexibility index (Phi) is 6.01. The van der Waals surface area contributed by atoms with E-state index in [1.807, 2.05) is 36.1 Å². The van der Waals surface area contributed by atoms with E-state index in [2.05, 4.69) is 22.4 Å². The molecule has 2 heterocycles. The minimum Gasteiger partial charge on any atom is -0.388 e. The van der Waals surface area contributed by atoms with Gasteiger partial charge in [0.1, 0.15) is 0 Å². The molecule has 0 aliphatic carbocycles. The van der Waals surface area contributed by atoms with Gasteiger partial charge in [-0.1, -0.05) is 18.2 Å². The molecule has 1 fully saturated rings. The molecule has 0 radical (unpaired) electrons. The predicted molar refractivity (Wildman–Crippen MR) is 102 cm³/mol. The third-order valence-corrected chi connectivity index (χ3v) is 4.98. The van der Waals surface area contributed by atoms with Crippen molar-refractivity contribution in [2.75, 3.05) is 19.6 Å². The molecule has 1 aromatic heterocycles. The number of carbonyl (C=O) groups excluding carboxylic acids is 1. The first-order chi connectivity index (χ1) is 12.6. The van der Waals surface area contributed by atoms with Crippen LogP contribution in [0.1, 0.15) is 31.7 Å². The van der Waals surface area contributed by atoms with Crippen LogP contribution in [0, 0.1) is 0 Å². The maximum Gasteiger partial charge on any atom is 0.225 e. The summed E-state index contributed by atoms with van der Waals surface area (Å²) in [4.78, 5) is 18.6. The van der Waals surface area contributed by atoms with Gasteiger partial charge in [-0.2, -0.15) is 0 Å². The fraction of sp³-hybridized carbons (Fsp3) is 0.429. The smallest absolute Gasteiger partial charge is 0.225 e. The number of hydrogen-bond donors (Lipinski definition) is 2. The van der Waals surface area contributed by atoms with Gasteiger partial charge in [0.05, 0.1) is 12.0 Å². The molecule has 3 rings (SSSR count). The zero-order valence-corrected chi connectivity index (χ0v) is 15.3. The standard InChI is InChI=1S/C21H27N3O2/c1-2-24(20(25)14-21(26)9-4-10-23-16-21)15-17-5-3-6-19(13-17)18-7-11-22-12-8-18/h3,5-8,11-13,23,26H,2,4,9-10,14-16H2,1H3. The summed E-state index contributed by atoms with van der Waals surface area (Å²) < 4.78 is 0. The molecule has 0 saturated carbocycles. The molecule has 5 heteroatoms. The van der Waals surface area contributed by atoms with Gasteiger partial charge in [0.25, 0.3) is 0 Å². The number of rotatable bonds is 6. The van der Waals surface area contributed by atoms with Crippen molar-refractivity contribution in [3.05, 3.63) is 54.4 Å². The Morgan fingerprint density at radius 1 is 1.27 bits per heavy atom. The first-order valence-corrected chi connectivity index (χ1v) is 9.30. The second-order valence-electron chi connectivity index (χ2n) is 7.03. The molecular formula is C21H27N3O2. The van der Waals surface area contributed by atoms with Crippen LogP contribution in [0.4, 0.5) is 0 Å². The van der Waals surface area contributed by atoms with Crippen LogP contribution >= 0.6 is 0 Å². The van der Waals surface area contributed by atoms with Crippen molar-refractivity contribution in [2.24, 2.45) is 0 Å². The number of piperidine rings is 1. The average Bonchev–Trinajstić information content (AvgIpc) is 2.67. The molecule has 0 spiro atoms. The Morgan fingerprint density at radius 2 is 2.08 bits per heavy atom. The van der Waals surface area contributed by atoms with Crippen molar-refractivity contribution in [2.45, 2.75) is 38.3 Å². The Labute approximate surface area is 155 Å². The van der Waals surface area contributed by atoms with Gasteiger partial charge in [-0.05, 0) is 61.2 Å². The van der Waals surface area contributed by atoms with Crippen LogP contribution < -0.4 is 5.32 Å². The van der Waals surface area contributed by atoms with Crippen molar-refractivity contribution in [1.29, 1.82) is 0 Å². The van der Waals surface area contributed by atoms with Gasteiger partial charge in [0.15, 0.2) is 0 Å². The van der Waals surface area contributed by atoms with E-state index in [1.165, 1.54) is 0 Å². The number of aromatic nitrogens is 1. The third kappa shape index (κ3) is 4.68. The van der Waals surface area contributed by atoms with Crippen LogP contribution in [0.5, 0.6) is 0 Å². The Balaban J connectivity index is 1.69. The number of pyridine rings is 1. The summed E-state index contributed by atoms with van der Waals surface area (Å²) in [5, 5.41) is 13.8. The largest absolute Gasteiger partial charge is 0.388 e. The minimum atomic E-state index is -0.915. The number of benzene rings is 1. The molecule has 1 aromatic carbocycles. The summed E-state index contributed by atoms with van der Waals surface area (Å²) in [6, 6.07) is 12.2. The van der Waals surface area contributed by atoms with Crippen LogP contribution in [0.25, 0.3) is 11.1 Å². The maximum absolute atomic E-state index is 12.7. The van der Waals surface area contributed by atoms with E-state index in [-0.39, 0.29) is 12.3 Å². The molecule has 1 atom stereocenters. The van der Waals surface area contributed by atoms with Crippen molar-refractivity contribution in [3.63, 3.8) is 0 Å². The number of β-amino-alcohol motifs (C(OH)–C–C–N with tert-alkyl or cyclic N) is 1. The number of amides is 1.